The molecule has 2 aromatic rings. The van der Waals surface area contributed by atoms with E-state index in [1.807, 2.05) is 23.9 Å². The lowest BCUT2D eigenvalue weighted by Crippen LogP contribution is -2.30. The van der Waals surface area contributed by atoms with Gasteiger partial charge in [-0.2, -0.15) is 0 Å². The van der Waals surface area contributed by atoms with Crippen LogP contribution in [-0.2, 0) is 13.1 Å². The van der Waals surface area contributed by atoms with E-state index in [1.54, 1.807) is 0 Å². The number of hydrogen-bond donors (Lipinski definition) is 2. The number of nitrogens with zero attached hydrogens (tertiary/aromatic N) is 2. The summed E-state index contributed by atoms with van der Waals surface area (Å²) in [6.07, 6.45) is 2.50. The van der Waals surface area contributed by atoms with E-state index in [9.17, 15) is 19.8 Å². The fourth-order valence-corrected chi connectivity index (χ4v) is 2.11. The van der Waals surface area contributed by atoms with Gasteiger partial charge in [0.1, 0.15) is 0 Å². The number of halogens is 1. The number of rotatable bonds is 7. The Bertz CT molecular complexity index is 736. The van der Waals surface area contributed by atoms with E-state index in [-0.39, 0.29) is 48.5 Å². The Balaban J connectivity index is 0.00000312. The summed E-state index contributed by atoms with van der Waals surface area (Å²) in [4.78, 5) is 26.4. The summed E-state index contributed by atoms with van der Waals surface area (Å²) in [6.45, 7) is 1.77. The molecule has 9 heteroatoms. The van der Waals surface area contributed by atoms with Crippen molar-refractivity contribution in [2.45, 2.75) is 13.1 Å². The fourth-order valence-electron chi connectivity index (χ4n) is 2.11. The SMILES string of the molecule is CN(CCN(C)Cc1occc(=O)c1O)Cc1occc(=O)c1O.Cl. The van der Waals surface area contributed by atoms with Crippen LogP contribution in [0.1, 0.15) is 11.5 Å². The van der Waals surface area contributed by atoms with E-state index in [0.29, 0.717) is 13.1 Å². The van der Waals surface area contributed by atoms with Crippen molar-refractivity contribution >= 4 is 12.4 Å². The van der Waals surface area contributed by atoms with Crippen LogP contribution in [0.2, 0.25) is 0 Å². The van der Waals surface area contributed by atoms with Gasteiger partial charge in [0, 0.05) is 25.2 Å². The second-order valence-electron chi connectivity index (χ2n) is 5.59. The highest BCUT2D eigenvalue weighted by Crippen LogP contribution is 2.14. The topological polar surface area (TPSA) is 107 Å². The van der Waals surface area contributed by atoms with Crippen LogP contribution < -0.4 is 10.9 Å². The van der Waals surface area contributed by atoms with Crippen molar-refractivity contribution in [2.75, 3.05) is 27.2 Å². The van der Waals surface area contributed by atoms with Crippen LogP contribution >= 0.6 is 12.4 Å². The average molecular weight is 373 g/mol. The molecule has 138 valence electrons. The summed E-state index contributed by atoms with van der Waals surface area (Å²) in [5.74, 6) is -0.346. The fraction of sp³-hybridized carbons (Fsp3) is 0.375. The van der Waals surface area contributed by atoms with Crippen molar-refractivity contribution in [3.8, 4) is 11.5 Å². The summed E-state index contributed by atoms with van der Waals surface area (Å²) in [7, 11) is 3.64. The van der Waals surface area contributed by atoms with Crippen molar-refractivity contribution in [3.05, 3.63) is 56.6 Å². The largest absolute Gasteiger partial charge is 0.502 e. The van der Waals surface area contributed by atoms with Gasteiger partial charge in [-0.15, -0.1) is 12.4 Å². The van der Waals surface area contributed by atoms with Gasteiger partial charge in [0.25, 0.3) is 0 Å². The van der Waals surface area contributed by atoms with Crippen LogP contribution in [0.4, 0.5) is 0 Å². The molecule has 0 atom stereocenters. The summed E-state index contributed by atoms with van der Waals surface area (Å²) in [6, 6.07) is 2.32. The minimum Gasteiger partial charge on any atom is -0.502 e. The van der Waals surface area contributed by atoms with Gasteiger partial charge in [-0.25, -0.2) is 0 Å². The molecule has 0 aliphatic carbocycles. The predicted octanol–water partition coefficient (Wildman–Crippen LogP) is 0.990. The molecule has 0 aromatic carbocycles. The normalized spacial score (nSPS) is 10.9. The summed E-state index contributed by atoms with van der Waals surface area (Å²) in [5.41, 5.74) is -0.951. The maximum absolute atomic E-state index is 11.4. The Kier molecular flexibility index (Phi) is 7.69. The van der Waals surface area contributed by atoms with Crippen LogP contribution in [0.5, 0.6) is 11.5 Å². The predicted molar refractivity (Wildman–Crippen MR) is 93.2 cm³/mol. The Hall–Kier alpha value is -2.29. The van der Waals surface area contributed by atoms with Crippen LogP contribution in [0, 0.1) is 0 Å². The quantitative estimate of drug-likeness (QED) is 0.741. The molecule has 0 fully saturated rings. The first-order valence-electron chi connectivity index (χ1n) is 7.35. The summed E-state index contributed by atoms with van der Waals surface area (Å²) in [5, 5.41) is 19.3. The van der Waals surface area contributed by atoms with E-state index >= 15 is 0 Å². The van der Waals surface area contributed by atoms with Gasteiger partial charge in [0.2, 0.25) is 22.4 Å². The molecule has 0 bridgehead atoms. The molecule has 0 saturated heterocycles. The lowest BCUT2D eigenvalue weighted by Gasteiger charge is -2.21. The third-order valence-electron chi connectivity index (χ3n) is 3.54. The highest BCUT2D eigenvalue weighted by molar-refractivity contribution is 5.85. The molecular formula is C16H21ClN2O6. The minimum absolute atomic E-state index is 0. The van der Waals surface area contributed by atoms with Crippen LogP contribution in [0.3, 0.4) is 0 Å². The molecule has 0 amide bonds. The highest BCUT2D eigenvalue weighted by Gasteiger charge is 2.13. The number of likely N-dealkylation sites (N-methyl/N-ethyl adjacent to an activating group) is 2. The van der Waals surface area contributed by atoms with E-state index in [0.717, 1.165) is 12.1 Å². The minimum atomic E-state index is -0.476. The zero-order valence-corrected chi connectivity index (χ0v) is 14.8. The highest BCUT2D eigenvalue weighted by atomic mass is 35.5. The van der Waals surface area contributed by atoms with Gasteiger partial charge in [-0.05, 0) is 14.1 Å². The molecule has 0 aliphatic heterocycles. The molecule has 0 aliphatic rings. The Morgan fingerprint density at radius 3 is 1.56 bits per heavy atom. The molecule has 2 N–H and O–H groups in total. The van der Waals surface area contributed by atoms with Crippen LogP contribution in [-0.4, -0.2) is 47.2 Å². The zero-order valence-electron chi connectivity index (χ0n) is 14.0. The Morgan fingerprint density at radius 1 is 0.840 bits per heavy atom. The Morgan fingerprint density at radius 2 is 1.20 bits per heavy atom. The maximum atomic E-state index is 11.4. The second-order valence-corrected chi connectivity index (χ2v) is 5.59. The Labute approximate surface area is 150 Å². The van der Waals surface area contributed by atoms with Gasteiger partial charge in [-0.3, -0.25) is 19.4 Å². The molecule has 8 nitrogen and oxygen atoms in total. The first kappa shape index (κ1) is 20.8. The molecule has 2 aromatic heterocycles. The van der Waals surface area contributed by atoms with E-state index in [1.165, 1.54) is 12.5 Å². The number of aromatic hydroxyl groups is 2. The van der Waals surface area contributed by atoms with E-state index < -0.39 is 10.9 Å². The molecule has 2 rings (SSSR count). The van der Waals surface area contributed by atoms with Gasteiger partial charge in [0.05, 0.1) is 25.6 Å². The second kappa shape index (κ2) is 9.26. The lowest BCUT2D eigenvalue weighted by molar-refractivity contribution is 0.217. The molecule has 0 spiro atoms. The smallest absolute Gasteiger partial charge is 0.226 e. The maximum Gasteiger partial charge on any atom is 0.226 e. The van der Waals surface area contributed by atoms with Crippen LogP contribution in [0.15, 0.2) is 43.1 Å². The molecule has 2 heterocycles. The molecule has 0 saturated carbocycles. The lowest BCUT2D eigenvalue weighted by atomic mass is 10.3. The van der Waals surface area contributed by atoms with Crippen molar-refractivity contribution in [1.29, 1.82) is 0 Å². The molecule has 0 radical (unpaired) electrons. The first-order valence-corrected chi connectivity index (χ1v) is 7.35. The van der Waals surface area contributed by atoms with Gasteiger partial charge in [-0.1, -0.05) is 0 Å². The van der Waals surface area contributed by atoms with E-state index in [4.69, 9.17) is 8.83 Å². The zero-order chi connectivity index (χ0) is 17.7. The third kappa shape index (κ3) is 5.63. The van der Waals surface area contributed by atoms with Gasteiger partial charge >= 0.3 is 0 Å². The van der Waals surface area contributed by atoms with Gasteiger partial charge < -0.3 is 19.0 Å². The summed E-state index contributed by atoms with van der Waals surface area (Å²) >= 11 is 0. The first-order chi connectivity index (χ1) is 11.4. The van der Waals surface area contributed by atoms with E-state index in [2.05, 4.69) is 0 Å². The van der Waals surface area contributed by atoms with Crippen LogP contribution in [0.25, 0.3) is 0 Å². The molecule has 0 unspecified atom stereocenters. The molecule has 25 heavy (non-hydrogen) atoms. The molecular weight excluding hydrogens is 352 g/mol. The van der Waals surface area contributed by atoms with Crippen molar-refractivity contribution in [3.63, 3.8) is 0 Å². The number of hydrogen-bond acceptors (Lipinski definition) is 8. The van der Waals surface area contributed by atoms with Crippen molar-refractivity contribution in [1.82, 2.24) is 9.80 Å². The average Bonchev–Trinajstić information content (AvgIpc) is 2.54. The van der Waals surface area contributed by atoms with Crippen molar-refractivity contribution in [2.24, 2.45) is 0 Å². The standard InChI is InChI=1S/C16H20N2O6.ClH/c1-17(9-13-15(21)11(19)3-7-23-13)5-6-18(2)10-14-16(22)12(20)4-8-24-14;/h3-4,7-8,21-22H,5-6,9-10H2,1-2H3;1H. The van der Waals surface area contributed by atoms with Crippen molar-refractivity contribution < 1.29 is 19.0 Å². The summed E-state index contributed by atoms with van der Waals surface area (Å²) < 4.78 is 10.3. The van der Waals surface area contributed by atoms with Gasteiger partial charge in [0.15, 0.2) is 11.5 Å². The third-order valence-corrected chi connectivity index (χ3v) is 3.54. The monoisotopic (exact) mass is 372 g/mol.